The Labute approximate surface area is 106 Å². The topological polar surface area (TPSA) is 34.1 Å². The zero-order chi connectivity index (χ0) is 12.1. The van der Waals surface area contributed by atoms with Crippen LogP contribution in [0.3, 0.4) is 0 Å². The Morgan fingerprint density at radius 1 is 1.50 bits per heavy atom. The van der Waals surface area contributed by atoms with Gasteiger partial charge in [-0.05, 0) is 25.0 Å². The first kappa shape index (κ1) is 13.6. The van der Waals surface area contributed by atoms with Gasteiger partial charge in [-0.25, -0.2) is 4.98 Å². The van der Waals surface area contributed by atoms with Crippen LogP contribution in [-0.4, -0.2) is 24.7 Å². The molecule has 0 saturated heterocycles. The van der Waals surface area contributed by atoms with Crippen LogP contribution in [0.25, 0.3) is 0 Å². The summed E-state index contributed by atoms with van der Waals surface area (Å²) >= 11 is 11.8. The fourth-order valence-electron chi connectivity index (χ4n) is 1.44. The maximum atomic E-state index is 6.04. The largest absolute Gasteiger partial charge is 0.383 e. The summed E-state index contributed by atoms with van der Waals surface area (Å²) in [6.07, 6.45) is 0.951. The molecule has 1 aromatic heterocycles. The van der Waals surface area contributed by atoms with Crippen molar-refractivity contribution < 1.29 is 4.74 Å². The molecule has 0 aliphatic carbocycles. The number of hydrogen-bond donors (Lipinski definition) is 1. The van der Waals surface area contributed by atoms with Crippen molar-refractivity contribution in [3.8, 4) is 0 Å². The number of aryl methyl sites for hydroxylation is 1. The first-order valence-corrected chi connectivity index (χ1v) is 5.92. The van der Waals surface area contributed by atoms with Gasteiger partial charge < -0.3 is 10.1 Å². The van der Waals surface area contributed by atoms with Gasteiger partial charge in [0.15, 0.2) is 5.15 Å². The van der Waals surface area contributed by atoms with E-state index >= 15 is 0 Å². The lowest BCUT2D eigenvalue weighted by Gasteiger charge is -2.19. The van der Waals surface area contributed by atoms with Crippen LogP contribution in [0, 0.1) is 6.92 Å². The third-order valence-corrected chi connectivity index (χ3v) is 2.82. The van der Waals surface area contributed by atoms with Crippen molar-refractivity contribution in [2.75, 3.05) is 19.0 Å². The Morgan fingerprint density at radius 3 is 2.69 bits per heavy atom. The molecule has 0 bridgehead atoms. The van der Waals surface area contributed by atoms with Gasteiger partial charge in [-0.2, -0.15) is 0 Å². The van der Waals surface area contributed by atoms with Crippen LogP contribution in [0.1, 0.15) is 18.9 Å². The summed E-state index contributed by atoms with van der Waals surface area (Å²) in [6, 6.07) is 2.01. The summed E-state index contributed by atoms with van der Waals surface area (Å²) < 4.78 is 5.12. The molecule has 3 nitrogen and oxygen atoms in total. The molecule has 90 valence electrons. The van der Waals surface area contributed by atoms with E-state index in [1.54, 1.807) is 13.2 Å². The lowest BCUT2D eigenvalue weighted by molar-refractivity contribution is 0.184. The summed E-state index contributed by atoms with van der Waals surface area (Å²) in [6.45, 7) is 4.67. The van der Waals surface area contributed by atoms with E-state index in [9.17, 15) is 0 Å². The van der Waals surface area contributed by atoms with Gasteiger partial charge in [0.25, 0.3) is 0 Å². The highest BCUT2D eigenvalue weighted by Crippen LogP contribution is 2.27. The van der Waals surface area contributed by atoms with Gasteiger partial charge >= 0.3 is 0 Å². The number of nitrogens with zero attached hydrogens (tertiary/aromatic N) is 1. The number of rotatable bonds is 5. The van der Waals surface area contributed by atoms with Crippen LogP contribution < -0.4 is 5.32 Å². The summed E-state index contributed by atoms with van der Waals surface area (Å²) in [7, 11) is 1.68. The van der Waals surface area contributed by atoms with Crippen LogP contribution in [0.5, 0.6) is 0 Å². The van der Waals surface area contributed by atoms with Crippen LogP contribution in [0.2, 0.25) is 10.3 Å². The first-order valence-electron chi connectivity index (χ1n) is 5.16. The van der Waals surface area contributed by atoms with E-state index in [0.717, 1.165) is 17.7 Å². The molecule has 1 atom stereocenters. The molecule has 1 aromatic rings. The smallest absolute Gasteiger partial charge is 0.154 e. The number of pyridine rings is 1. The molecule has 0 fully saturated rings. The van der Waals surface area contributed by atoms with Crippen molar-refractivity contribution in [3.05, 3.63) is 21.9 Å². The highest BCUT2D eigenvalue weighted by Gasteiger charge is 2.12. The number of halogens is 2. The molecular weight excluding hydrogens is 247 g/mol. The normalized spacial score (nSPS) is 12.6. The summed E-state index contributed by atoms with van der Waals surface area (Å²) in [5, 5.41) is 4.13. The average Bonchev–Trinajstić information content (AvgIpc) is 2.21. The maximum absolute atomic E-state index is 6.04. The van der Waals surface area contributed by atoms with Crippen molar-refractivity contribution in [2.24, 2.45) is 0 Å². The molecule has 0 aliphatic rings. The Balaban J connectivity index is 2.87. The van der Waals surface area contributed by atoms with Gasteiger partial charge in [-0.1, -0.05) is 30.1 Å². The average molecular weight is 263 g/mol. The third-order valence-electron chi connectivity index (χ3n) is 2.35. The Bertz CT molecular complexity index is 335. The first-order chi connectivity index (χ1) is 7.58. The van der Waals surface area contributed by atoms with E-state index in [1.165, 1.54) is 0 Å². The predicted molar refractivity (Wildman–Crippen MR) is 68.6 cm³/mol. The predicted octanol–water partition coefficient (Wildman–Crippen LogP) is 3.53. The van der Waals surface area contributed by atoms with Gasteiger partial charge in [0, 0.05) is 13.2 Å². The SMILES string of the molecule is CCC(COC)Nc1c(C)cc(Cl)nc1Cl. The number of aromatic nitrogens is 1. The highest BCUT2D eigenvalue weighted by molar-refractivity contribution is 6.34. The second-order valence-electron chi connectivity index (χ2n) is 3.63. The van der Waals surface area contributed by atoms with E-state index in [-0.39, 0.29) is 6.04 Å². The summed E-state index contributed by atoms with van der Waals surface area (Å²) in [4.78, 5) is 4.01. The van der Waals surface area contributed by atoms with E-state index < -0.39 is 0 Å². The highest BCUT2D eigenvalue weighted by atomic mass is 35.5. The molecule has 1 unspecified atom stereocenters. The molecule has 0 amide bonds. The number of hydrogen-bond acceptors (Lipinski definition) is 3. The molecule has 16 heavy (non-hydrogen) atoms. The van der Waals surface area contributed by atoms with Crippen LogP contribution in [0.4, 0.5) is 5.69 Å². The fraction of sp³-hybridized carbons (Fsp3) is 0.545. The van der Waals surface area contributed by atoms with Crippen molar-refractivity contribution in [3.63, 3.8) is 0 Å². The molecule has 1 rings (SSSR count). The van der Waals surface area contributed by atoms with Crippen molar-refractivity contribution >= 4 is 28.9 Å². The lowest BCUT2D eigenvalue weighted by atomic mass is 10.2. The van der Waals surface area contributed by atoms with Crippen LogP contribution in [0.15, 0.2) is 6.07 Å². The number of methoxy groups -OCH3 is 1. The molecule has 0 spiro atoms. The standard InChI is InChI=1S/C11H16Cl2N2O/c1-4-8(6-16-3)14-10-7(2)5-9(12)15-11(10)13/h5,8,14H,4,6H2,1-3H3. The van der Waals surface area contributed by atoms with Gasteiger partial charge in [-0.3, -0.25) is 0 Å². The molecule has 0 aromatic carbocycles. The van der Waals surface area contributed by atoms with Crippen molar-refractivity contribution in [1.82, 2.24) is 4.98 Å². The Hall–Kier alpha value is -0.510. The second-order valence-corrected chi connectivity index (χ2v) is 4.38. The zero-order valence-corrected chi connectivity index (χ0v) is 11.2. The molecule has 0 saturated carbocycles. The summed E-state index contributed by atoms with van der Waals surface area (Å²) in [5.74, 6) is 0. The van der Waals surface area contributed by atoms with E-state index in [2.05, 4.69) is 17.2 Å². The minimum Gasteiger partial charge on any atom is -0.383 e. The quantitative estimate of drug-likeness (QED) is 0.825. The van der Waals surface area contributed by atoms with Gasteiger partial charge in [0.05, 0.1) is 12.3 Å². The fourth-order valence-corrected chi connectivity index (χ4v) is 2.02. The molecule has 0 radical (unpaired) electrons. The monoisotopic (exact) mass is 262 g/mol. The molecular formula is C11H16Cl2N2O. The van der Waals surface area contributed by atoms with Gasteiger partial charge in [-0.15, -0.1) is 0 Å². The minimum atomic E-state index is 0.226. The summed E-state index contributed by atoms with van der Waals surface area (Å²) in [5.41, 5.74) is 1.81. The second kappa shape index (κ2) is 6.28. The van der Waals surface area contributed by atoms with Crippen LogP contribution in [-0.2, 0) is 4.74 Å². The zero-order valence-electron chi connectivity index (χ0n) is 9.68. The lowest BCUT2D eigenvalue weighted by Crippen LogP contribution is -2.24. The molecule has 0 aliphatic heterocycles. The van der Waals surface area contributed by atoms with Crippen molar-refractivity contribution in [1.29, 1.82) is 0 Å². The number of ether oxygens (including phenoxy) is 1. The molecule has 1 heterocycles. The molecule has 1 N–H and O–H groups in total. The number of nitrogens with one attached hydrogen (secondary N) is 1. The maximum Gasteiger partial charge on any atom is 0.154 e. The van der Waals surface area contributed by atoms with Gasteiger partial charge in [0.1, 0.15) is 5.15 Å². The number of anilines is 1. The third kappa shape index (κ3) is 3.51. The molecule has 5 heteroatoms. The van der Waals surface area contributed by atoms with Gasteiger partial charge in [0.2, 0.25) is 0 Å². The van der Waals surface area contributed by atoms with Crippen molar-refractivity contribution in [2.45, 2.75) is 26.3 Å². The van der Waals surface area contributed by atoms with E-state index in [4.69, 9.17) is 27.9 Å². The Morgan fingerprint density at radius 2 is 2.19 bits per heavy atom. The Kier molecular flexibility index (Phi) is 5.32. The van der Waals surface area contributed by atoms with Crippen LogP contribution >= 0.6 is 23.2 Å². The van der Waals surface area contributed by atoms with E-state index in [1.807, 2.05) is 6.92 Å². The van der Waals surface area contributed by atoms with E-state index in [0.29, 0.717) is 16.9 Å². The minimum absolute atomic E-state index is 0.226.